The summed E-state index contributed by atoms with van der Waals surface area (Å²) in [6.45, 7) is 1.73. The van der Waals surface area contributed by atoms with Crippen LogP contribution in [0.5, 0.6) is 0 Å². The first kappa shape index (κ1) is 13.4. The number of hydrogen-bond acceptors (Lipinski definition) is 1. The molecule has 0 N–H and O–H groups in total. The Hall–Kier alpha value is -1.65. The minimum absolute atomic E-state index is 0.248. The molecule has 0 aliphatic carbocycles. The number of halogens is 5. The Morgan fingerprint density at radius 2 is 1.60 bits per heavy atom. The van der Waals surface area contributed by atoms with Gasteiger partial charge in [0.2, 0.25) is 5.39 Å². The van der Waals surface area contributed by atoms with E-state index in [1.807, 2.05) is 0 Å². The average Bonchev–Trinajstić information content (AvgIpc) is 1.99. The Bertz CT molecular complexity index is 344. The Morgan fingerprint density at radius 1 is 1.13 bits per heavy atom. The number of diazo groups is 1. The fourth-order valence-corrected chi connectivity index (χ4v) is 0.775. The molecule has 1 rings (SSSR count). The van der Waals surface area contributed by atoms with Gasteiger partial charge < -0.3 is 17.3 Å². The first-order valence-corrected chi connectivity index (χ1v) is 3.72. The number of rotatable bonds is 0. The van der Waals surface area contributed by atoms with Crippen molar-refractivity contribution >= 4 is 12.9 Å². The fourth-order valence-electron chi connectivity index (χ4n) is 0.775. The van der Waals surface area contributed by atoms with Crippen LogP contribution >= 0.6 is 0 Å². The van der Waals surface area contributed by atoms with E-state index < -0.39 is 7.25 Å². The lowest BCUT2D eigenvalue weighted by molar-refractivity contribution is 0.368. The van der Waals surface area contributed by atoms with Gasteiger partial charge in [0.25, 0.3) is 0 Å². The molecule has 0 amide bonds. The normalized spacial score (nSPS) is 9.93. The van der Waals surface area contributed by atoms with Gasteiger partial charge in [-0.25, -0.2) is 4.39 Å². The van der Waals surface area contributed by atoms with E-state index in [0.29, 0.717) is 0 Å². The molecule has 0 saturated carbocycles. The zero-order valence-electron chi connectivity index (χ0n) is 7.59. The van der Waals surface area contributed by atoms with Gasteiger partial charge in [-0.3, -0.25) is 0 Å². The molecular formula is C7H6BF5N2. The minimum atomic E-state index is -6.00. The zero-order valence-corrected chi connectivity index (χ0v) is 7.59. The highest BCUT2D eigenvalue weighted by Gasteiger charge is 2.20. The molecule has 0 bridgehead atoms. The van der Waals surface area contributed by atoms with Gasteiger partial charge in [-0.2, -0.15) is 0 Å². The van der Waals surface area contributed by atoms with E-state index in [-0.39, 0.29) is 11.5 Å². The third-order valence-electron chi connectivity index (χ3n) is 1.14. The maximum atomic E-state index is 12.4. The summed E-state index contributed by atoms with van der Waals surface area (Å²) < 4.78 is 51.4. The van der Waals surface area contributed by atoms with Crippen LogP contribution in [0.2, 0.25) is 0 Å². The minimum Gasteiger partial charge on any atom is -0.418 e. The highest BCUT2D eigenvalue weighted by Crippen LogP contribution is 2.15. The highest BCUT2D eigenvalue weighted by molar-refractivity contribution is 6.50. The molecular weight excluding hydrogens is 218 g/mol. The van der Waals surface area contributed by atoms with Crippen LogP contribution in [0.1, 0.15) is 5.56 Å². The predicted octanol–water partition coefficient (Wildman–Crippen LogP) is 3.92. The molecule has 2 nitrogen and oxygen atoms in total. The first-order valence-electron chi connectivity index (χ1n) is 3.72. The van der Waals surface area contributed by atoms with Crippen molar-refractivity contribution < 1.29 is 21.7 Å². The molecule has 82 valence electrons. The van der Waals surface area contributed by atoms with E-state index >= 15 is 0 Å². The lowest BCUT2D eigenvalue weighted by atomic mass is 10.2. The summed E-state index contributed by atoms with van der Waals surface area (Å²) in [5.74, 6) is -0.382. The number of hydrogen-bond donors (Lipinski definition) is 0. The van der Waals surface area contributed by atoms with Gasteiger partial charge in [-0.05, 0) is 18.6 Å². The van der Waals surface area contributed by atoms with Crippen molar-refractivity contribution in [1.82, 2.24) is 0 Å². The van der Waals surface area contributed by atoms with Crippen LogP contribution < -0.4 is 0 Å². The summed E-state index contributed by atoms with van der Waals surface area (Å²) in [5, 5.41) is 8.24. The van der Waals surface area contributed by atoms with Crippen LogP contribution in [0.25, 0.3) is 4.98 Å². The third kappa shape index (κ3) is 8.68. The van der Waals surface area contributed by atoms with Crippen molar-refractivity contribution in [1.29, 1.82) is 5.39 Å². The summed E-state index contributed by atoms with van der Waals surface area (Å²) in [6.07, 6.45) is 0. The second-order valence-corrected chi connectivity index (χ2v) is 2.58. The van der Waals surface area contributed by atoms with Crippen molar-refractivity contribution in [2.45, 2.75) is 6.92 Å². The van der Waals surface area contributed by atoms with Gasteiger partial charge in [-0.15, -0.1) is 0 Å². The standard InChI is InChI=1S/C7H6FN2.BF4/c1-5-2-6(8)4-7(3-5)10-9;2-1(3,4)5/h2-4H,1H3;/q+1;-1. The molecule has 0 atom stereocenters. The van der Waals surface area contributed by atoms with Gasteiger partial charge in [0.15, 0.2) is 4.98 Å². The first-order chi connectivity index (χ1) is 6.72. The topological polar surface area (TPSA) is 28.1 Å². The van der Waals surface area contributed by atoms with Crippen molar-refractivity contribution in [2.24, 2.45) is 0 Å². The van der Waals surface area contributed by atoms with Gasteiger partial charge in [-0.1, -0.05) is 0 Å². The summed E-state index contributed by atoms with van der Waals surface area (Å²) in [6, 6.07) is 4.12. The second-order valence-electron chi connectivity index (χ2n) is 2.58. The van der Waals surface area contributed by atoms with Crippen LogP contribution in [0.15, 0.2) is 18.2 Å². The molecule has 0 spiro atoms. The Morgan fingerprint density at radius 3 is 1.93 bits per heavy atom. The van der Waals surface area contributed by atoms with E-state index in [2.05, 4.69) is 4.98 Å². The maximum absolute atomic E-state index is 12.4. The largest absolute Gasteiger partial charge is 0.673 e. The maximum Gasteiger partial charge on any atom is 0.673 e. The molecule has 0 aromatic heterocycles. The molecule has 0 fully saturated rings. The lowest BCUT2D eigenvalue weighted by Crippen LogP contribution is -2.02. The van der Waals surface area contributed by atoms with Crippen LogP contribution in [-0.2, 0) is 0 Å². The van der Waals surface area contributed by atoms with Crippen LogP contribution in [0.4, 0.5) is 27.3 Å². The van der Waals surface area contributed by atoms with Crippen molar-refractivity contribution in [3.8, 4) is 0 Å². The Balaban J connectivity index is 0.000000336. The van der Waals surface area contributed by atoms with Crippen LogP contribution in [0.3, 0.4) is 0 Å². The van der Waals surface area contributed by atoms with Crippen molar-refractivity contribution in [2.75, 3.05) is 0 Å². The highest BCUT2D eigenvalue weighted by atomic mass is 19.5. The predicted molar refractivity (Wildman–Crippen MR) is 46.1 cm³/mol. The Labute approximate surface area is 82.4 Å². The third-order valence-corrected chi connectivity index (χ3v) is 1.14. The lowest BCUT2D eigenvalue weighted by Gasteiger charge is -1.94. The number of nitrogens with zero attached hydrogens (tertiary/aromatic N) is 2. The molecule has 8 heteroatoms. The molecule has 0 unspecified atom stereocenters. The summed E-state index contributed by atoms with van der Waals surface area (Å²) in [5.41, 5.74) is 0.991. The van der Waals surface area contributed by atoms with E-state index in [4.69, 9.17) is 5.39 Å². The molecule has 1 aromatic rings. The second kappa shape index (κ2) is 5.29. The van der Waals surface area contributed by atoms with Gasteiger partial charge in [0.1, 0.15) is 5.82 Å². The van der Waals surface area contributed by atoms with E-state index in [9.17, 15) is 21.7 Å². The van der Waals surface area contributed by atoms with E-state index in [1.54, 1.807) is 13.0 Å². The molecule has 15 heavy (non-hydrogen) atoms. The number of benzene rings is 1. The van der Waals surface area contributed by atoms with Crippen molar-refractivity contribution in [3.63, 3.8) is 0 Å². The fraction of sp³-hybridized carbons (Fsp3) is 0.143. The molecule has 0 radical (unpaired) electrons. The summed E-state index contributed by atoms with van der Waals surface area (Å²) in [7, 11) is -6.00. The quantitative estimate of drug-likeness (QED) is 0.372. The monoisotopic (exact) mass is 224 g/mol. The summed E-state index contributed by atoms with van der Waals surface area (Å²) >= 11 is 0. The molecule has 0 aliphatic heterocycles. The molecule has 0 aliphatic rings. The smallest absolute Gasteiger partial charge is 0.418 e. The van der Waals surface area contributed by atoms with Crippen LogP contribution in [0, 0.1) is 18.1 Å². The average molecular weight is 224 g/mol. The van der Waals surface area contributed by atoms with Crippen LogP contribution in [-0.4, -0.2) is 7.25 Å². The summed E-state index contributed by atoms with van der Waals surface area (Å²) in [4.78, 5) is 2.85. The Kier molecular flexibility index (Phi) is 4.71. The van der Waals surface area contributed by atoms with E-state index in [1.165, 1.54) is 6.07 Å². The SMILES string of the molecule is Cc1cc(F)cc([N+]#N)c1.F[B-](F)(F)F. The van der Waals surface area contributed by atoms with Crippen molar-refractivity contribution in [3.05, 3.63) is 34.6 Å². The van der Waals surface area contributed by atoms with Gasteiger partial charge in [0.05, 0.1) is 6.07 Å². The molecule has 0 saturated heterocycles. The number of aryl methyl sites for hydroxylation is 1. The van der Waals surface area contributed by atoms with E-state index in [0.717, 1.165) is 11.6 Å². The van der Waals surface area contributed by atoms with Gasteiger partial charge in [0, 0.05) is 6.07 Å². The molecule has 1 aromatic carbocycles. The zero-order chi connectivity index (χ0) is 12.1. The van der Waals surface area contributed by atoms with Gasteiger partial charge >= 0.3 is 12.9 Å². The molecule has 0 heterocycles.